The van der Waals surface area contributed by atoms with Crippen molar-refractivity contribution in [3.8, 4) is 11.3 Å². The van der Waals surface area contributed by atoms with Crippen LogP contribution in [-0.2, 0) is 9.53 Å². The molecular formula is C33H46ClFN8O3SSi. The van der Waals surface area contributed by atoms with E-state index in [0.29, 0.717) is 52.7 Å². The van der Waals surface area contributed by atoms with Gasteiger partial charge in [0, 0.05) is 62.9 Å². The maximum Gasteiger partial charge on any atom is 0.410 e. The van der Waals surface area contributed by atoms with Gasteiger partial charge in [0.25, 0.3) is 0 Å². The zero-order chi connectivity index (χ0) is 35.2. The lowest BCUT2D eigenvalue weighted by Gasteiger charge is -2.44. The van der Waals surface area contributed by atoms with Crippen molar-refractivity contribution in [3.05, 3.63) is 47.5 Å². The van der Waals surface area contributed by atoms with Gasteiger partial charge in [-0.3, -0.25) is 9.69 Å². The van der Waals surface area contributed by atoms with Crippen LogP contribution in [0.5, 0.6) is 0 Å². The van der Waals surface area contributed by atoms with E-state index in [1.165, 1.54) is 24.5 Å². The molecule has 2 amide bonds. The Morgan fingerprint density at radius 1 is 1.06 bits per heavy atom. The lowest BCUT2D eigenvalue weighted by molar-refractivity contribution is -0.116. The molecule has 3 heterocycles. The van der Waals surface area contributed by atoms with Gasteiger partial charge in [0.1, 0.15) is 34.4 Å². The Morgan fingerprint density at radius 3 is 2.42 bits per heavy atom. The van der Waals surface area contributed by atoms with Gasteiger partial charge in [0.05, 0.1) is 11.4 Å². The Hall–Kier alpha value is -3.33. The zero-order valence-corrected chi connectivity index (χ0v) is 31.5. The van der Waals surface area contributed by atoms with E-state index in [9.17, 15) is 14.0 Å². The van der Waals surface area contributed by atoms with Crippen LogP contribution in [0.2, 0.25) is 30.7 Å². The molecule has 0 aliphatic carbocycles. The molecular weight excluding hydrogens is 671 g/mol. The molecule has 48 heavy (non-hydrogen) atoms. The normalized spacial score (nSPS) is 17.2. The Balaban J connectivity index is 1.41. The van der Waals surface area contributed by atoms with E-state index in [1.807, 2.05) is 34.6 Å². The third kappa shape index (κ3) is 11.1. The highest BCUT2D eigenvalue weighted by molar-refractivity contribution is 7.99. The molecule has 0 spiro atoms. The Kier molecular flexibility index (Phi) is 12.4. The zero-order valence-electron chi connectivity index (χ0n) is 28.9. The number of rotatable bonds is 11. The molecule has 2 N–H and O–H groups in total. The molecule has 11 nitrogen and oxygen atoms in total. The van der Waals surface area contributed by atoms with Crippen molar-refractivity contribution in [1.29, 1.82) is 0 Å². The average Bonchev–Trinajstić information content (AvgIpc) is 2.96. The van der Waals surface area contributed by atoms with E-state index in [0.717, 1.165) is 11.8 Å². The minimum absolute atomic E-state index is 0.0562. The number of hydrogen-bond acceptors (Lipinski definition) is 10. The Labute approximate surface area is 292 Å². The standard InChI is InChI=1S/C33H46ClFN8O3SSi/c1-21-18-42(19-22(2)43(21)32(45)46-33(3,4)5)12-11-30(44)39-29-17-28(36-20-37-29)38-27-16-26(24-15-23(34)9-10-25(24)35)40-41-31(27)47-13-14-48(6,7)8/h9-10,15-17,20-22H,11-14,18-19H2,1-8H3,(H2,36,37,38,39,40,44). The van der Waals surface area contributed by atoms with Crippen LogP contribution >= 0.6 is 23.4 Å². The van der Waals surface area contributed by atoms with Gasteiger partial charge in [-0.15, -0.1) is 22.0 Å². The van der Waals surface area contributed by atoms with Crippen molar-refractivity contribution in [3.63, 3.8) is 0 Å². The van der Waals surface area contributed by atoms with Crippen LogP contribution in [0.4, 0.5) is 26.5 Å². The van der Waals surface area contributed by atoms with Crippen LogP contribution in [-0.4, -0.2) is 93.1 Å². The number of aromatic nitrogens is 4. The lowest BCUT2D eigenvalue weighted by atomic mass is 10.1. The summed E-state index contributed by atoms with van der Waals surface area (Å²) in [6.07, 6.45) is 1.29. The number of halogens is 2. The molecule has 260 valence electrons. The number of piperazine rings is 1. The number of nitrogens with one attached hydrogen (secondary N) is 2. The van der Waals surface area contributed by atoms with Crippen LogP contribution in [0.15, 0.2) is 41.7 Å². The van der Waals surface area contributed by atoms with E-state index in [4.69, 9.17) is 16.3 Å². The summed E-state index contributed by atoms with van der Waals surface area (Å²) in [4.78, 5) is 38.2. The summed E-state index contributed by atoms with van der Waals surface area (Å²) >= 11 is 7.73. The molecule has 2 aromatic heterocycles. The summed E-state index contributed by atoms with van der Waals surface area (Å²) in [7, 11) is -1.28. The largest absolute Gasteiger partial charge is 0.444 e. The number of ether oxygens (including phenoxy) is 1. The summed E-state index contributed by atoms with van der Waals surface area (Å²) < 4.78 is 20.3. The van der Waals surface area contributed by atoms with Crippen molar-refractivity contribution >= 4 is 60.8 Å². The topological polar surface area (TPSA) is 125 Å². The van der Waals surface area contributed by atoms with Crippen LogP contribution < -0.4 is 10.6 Å². The van der Waals surface area contributed by atoms with Gasteiger partial charge in [-0.25, -0.2) is 19.2 Å². The van der Waals surface area contributed by atoms with Crippen LogP contribution in [0.3, 0.4) is 0 Å². The molecule has 15 heteroatoms. The first kappa shape index (κ1) is 37.5. The fourth-order valence-electron chi connectivity index (χ4n) is 5.24. The number of amides is 2. The fraction of sp³-hybridized carbons (Fsp3) is 0.515. The number of hydrogen-bond donors (Lipinski definition) is 2. The number of anilines is 3. The molecule has 2 unspecified atom stereocenters. The first-order valence-corrected chi connectivity index (χ1v) is 21.1. The number of nitrogens with zero attached hydrogens (tertiary/aromatic N) is 6. The third-order valence-electron chi connectivity index (χ3n) is 7.51. The fourth-order valence-corrected chi connectivity index (χ4v) is 8.83. The number of thioether (sulfide) groups is 1. The highest BCUT2D eigenvalue weighted by Gasteiger charge is 2.35. The highest BCUT2D eigenvalue weighted by Crippen LogP contribution is 2.33. The third-order valence-corrected chi connectivity index (χ3v) is 10.8. The number of carbonyl (C=O) groups is 2. The van der Waals surface area contributed by atoms with Gasteiger partial charge in [-0.2, -0.15) is 0 Å². The second-order valence-corrected chi connectivity index (χ2v) is 21.4. The highest BCUT2D eigenvalue weighted by atomic mass is 35.5. The number of benzene rings is 1. The quantitative estimate of drug-likeness (QED) is 0.152. The van der Waals surface area contributed by atoms with Gasteiger partial charge in [0.2, 0.25) is 5.91 Å². The van der Waals surface area contributed by atoms with E-state index in [1.54, 1.807) is 28.8 Å². The van der Waals surface area contributed by atoms with Crippen LogP contribution in [0, 0.1) is 5.82 Å². The van der Waals surface area contributed by atoms with Gasteiger partial charge in [0.15, 0.2) is 0 Å². The molecule has 2 atom stereocenters. The Morgan fingerprint density at radius 2 is 1.75 bits per heavy atom. The van der Waals surface area contributed by atoms with Crippen molar-refractivity contribution in [2.45, 2.75) is 89.4 Å². The maximum atomic E-state index is 14.7. The first-order valence-electron chi connectivity index (χ1n) is 16.1. The monoisotopic (exact) mass is 716 g/mol. The van der Waals surface area contributed by atoms with Crippen LogP contribution in [0.25, 0.3) is 11.3 Å². The SMILES string of the molecule is CC1CN(CCC(=O)Nc2cc(Nc3cc(-c4cc(Cl)ccc4F)nnc3SCC[Si](C)(C)C)ncn2)CC(C)N1C(=O)OC(C)(C)C. The van der Waals surface area contributed by atoms with Gasteiger partial charge >= 0.3 is 6.09 Å². The van der Waals surface area contributed by atoms with Crippen molar-refractivity contribution < 1.29 is 18.7 Å². The summed E-state index contributed by atoms with van der Waals surface area (Å²) in [5.74, 6) is 0.979. The summed E-state index contributed by atoms with van der Waals surface area (Å²) in [6.45, 7) is 18.3. The van der Waals surface area contributed by atoms with E-state index in [-0.39, 0.29) is 36.1 Å². The molecule has 3 aromatic rings. The van der Waals surface area contributed by atoms with Gasteiger partial charge in [-0.1, -0.05) is 31.2 Å². The summed E-state index contributed by atoms with van der Waals surface area (Å²) in [6, 6.07) is 8.64. The summed E-state index contributed by atoms with van der Waals surface area (Å²) in [5.41, 5.74) is 0.600. The molecule has 1 aliphatic rings. The minimum Gasteiger partial charge on any atom is -0.444 e. The minimum atomic E-state index is -1.28. The molecule has 1 aliphatic heterocycles. The second-order valence-electron chi connectivity index (χ2n) is 14.3. The smallest absolute Gasteiger partial charge is 0.410 e. The average molecular weight is 717 g/mol. The second kappa shape index (κ2) is 15.9. The van der Waals surface area contributed by atoms with Crippen molar-refractivity contribution in [1.82, 2.24) is 30.0 Å². The van der Waals surface area contributed by atoms with E-state index >= 15 is 0 Å². The summed E-state index contributed by atoms with van der Waals surface area (Å²) in [5, 5.41) is 15.9. The van der Waals surface area contributed by atoms with Crippen molar-refractivity contribution in [2.24, 2.45) is 0 Å². The predicted octanol–water partition coefficient (Wildman–Crippen LogP) is 7.56. The van der Waals surface area contributed by atoms with Gasteiger partial charge < -0.3 is 20.3 Å². The maximum absolute atomic E-state index is 14.7. The molecule has 1 saturated heterocycles. The van der Waals surface area contributed by atoms with Crippen molar-refractivity contribution in [2.75, 3.05) is 36.0 Å². The molecule has 0 bridgehead atoms. The molecule has 1 aromatic carbocycles. The molecule has 0 saturated carbocycles. The predicted molar refractivity (Wildman–Crippen MR) is 193 cm³/mol. The molecule has 1 fully saturated rings. The van der Waals surface area contributed by atoms with Gasteiger partial charge in [-0.05, 0) is 70.7 Å². The van der Waals surface area contributed by atoms with Crippen LogP contribution in [0.1, 0.15) is 41.0 Å². The lowest BCUT2D eigenvalue weighted by Crippen LogP contribution is -2.59. The Bertz CT molecular complexity index is 1590. The van der Waals surface area contributed by atoms with E-state index in [2.05, 4.69) is 55.3 Å². The molecule has 0 radical (unpaired) electrons. The van der Waals surface area contributed by atoms with E-state index < -0.39 is 19.5 Å². The number of carbonyl (C=O) groups excluding carboxylic acids is 2. The first-order chi connectivity index (χ1) is 22.5. The molecule has 4 rings (SSSR count).